The lowest BCUT2D eigenvalue weighted by Crippen LogP contribution is -2.38. The van der Waals surface area contributed by atoms with Gasteiger partial charge in [0.05, 0.1) is 11.8 Å². The topological polar surface area (TPSA) is 79.5 Å². The van der Waals surface area contributed by atoms with Crippen LogP contribution in [-0.2, 0) is 0 Å². The highest BCUT2D eigenvalue weighted by Crippen LogP contribution is 2.17. The van der Waals surface area contributed by atoms with Gasteiger partial charge in [-0.05, 0) is 32.9 Å². The maximum absolute atomic E-state index is 12.2. The van der Waals surface area contributed by atoms with Crippen molar-refractivity contribution in [3.8, 4) is 5.75 Å². The summed E-state index contributed by atoms with van der Waals surface area (Å²) in [6, 6.07) is 1.59. The highest BCUT2D eigenvalue weighted by Gasteiger charge is 2.20. The normalized spacial score (nSPS) is 10.6. The molecule has 94 valence electrons. The third-order valence-electron chi connectivity index (χ3n) is 2.52. The molecular weight excluding hydrogens is 218 g/mol. The van der Waals surface area contributed by atoms with Gasteiger partial charge < -0.3 is 15.7 Å². The van der Waals surface area contributed by atoms with E-state index in [1.165, 1.54) is 18.5 Å². The van der Waals surface area contributed by atoms with Crippen molar-refractivity contribution < 1.29 is 9.90 Å². The highest BCUT2D eigenvalue weighted by molar-refractivity contribution is 5.96. The van der Waals surface area contributed by atoms with Gasteiger partial charge in [0.15, 0.2) is 0 Å². The first-order valence-electron chi connectivity index (χ1n) is 5.72. The summed E-state index contributed by atoms with van der Waals surface area (Å²) < 4.78 is 0. The largest absolute Gasteiger partial charge is 0.505 e. The minimum atomic E-state index is -0.187. The van der Waals surface area contributed by atoms with E-state index in [0.717, 1.165) is 6.42 Å². The van der Waals surface area contributed by atoms with Gasteiger partial charge >= 0.3 is 0 Å². The lowest BCUT2D eigenvalue weighted by Gasteiger charge is -2.26. The number of aromatic hydroxyl groups is 1. The third kappa shape index (κ3) is 3.42. The number of pyridine rings is 1. The van der Waals surface area contributed by atoms with Crippen LogP contribution in [0.2, 0.25) is 0 Å². The number of nitrogens with zero attached hydrogens (tertiary/aromatic N) is 2. The second-order valence-corrected chi connectivity index (χ2v) is 4.13. The number of hydrogen-bond acceptors (Lipinski definition) is 4. The Morgan fingerprint density at radius 2 is 2.29 bits per heavy atom. The van der Waals surface area contributed by atoms with E-state index in [9.17, 15) is 9.90 Å². The zero-order chi connectivity index (χ0) is 12.8. The van der Waals surface area contributed by atoms with Crippen molar-refractivity contribution in [2.75, 3.05) is 13.1 Å². The van der Waals surface area contributed by atoms with Crippen molar-refractivity contribution in [2.24, 2.45) is 5.73 Å². The van der Waals surface area contributed by atoms with Crippen molar-refractivity contribution in [3.05, 3.63) is 24.0 Å². The zero-order valence-electron chi connectivity index (χ0n) is 10.3. The highest BCUT2D eigenvalue weighted by atomic mass is 16.3. The van der Waals surface area contributed by atoms with Crippen LogP contribution in [0.4, 0.5) is 0 Å². The number of aromatic nitrogens is 1. The Hall–Kier alpha value is -1.62. The second-order valence-electron chi connectivity index (χ2n) is 4.13. The molecule has 17 heavy (non-hydrogen) atoms. The molecule has 3 N–H and O–H groups in total. The molecule has 0 fully saturated rings. The van der Waals surface area contributed by atoms with Gasteiger partial charge in [-0.2, -0.15) is 0 Å². The zero-order valence-corrected chi connectivity index (χ0v) is 10.3. The van der Waals surface area contributed by atoms with Gasteiger partial charge in [0.25, 0.3) is 5.91 Å². The van der Waals surface area contributed by atoms with E-state index in [-0.39, 0.29) is 23.3 Å². The summed E-state index contributed by atoms with van der Waals surface area (Å²) in [4.78, 5) is 17.7. The second kappa shape index (κ2) is 6.20. The Balaban J connectivity index is 2.88. The molecule has 1 aromatic rings. The fourth-order valence-electron chi connectivity index (χ4n) is 1.58. The Morgan fingerprint density at radius 3 is 2.82 bits per heavy atom. The molecule has 0 spiro atoms. The maximum atomic E-state index is 12.2. The third-order valence-corrected chi connectivity index (χ3v) is 2.52. The smallest absolute Gasteiger partial charge is 0.257 e. The van der Waals surface area contributed by atoms with Gasteiger partial charge in [-0.25, -0.2) is 0 Å². The van der Waals surface area contributed by atoms with E-state index >= 15 is 0 Å². The van der Waals surface area contributed by atoms with Crippen molar-refractivity contribution in [3.63, 3.8) is 0 Å². The summed E-state index contributed by atoms with van der Waals surface area (Å²) >= 11 is 0. The Labute approximate surface area is 101 Å². The van der Waals surface area contributed by atoms with Crippen LogP contribution in [0.1, 0.15) is 30.6 Å². The van der Waals surface area contributed by atoms with E-state index in [4.69, 9.17) is 5.73 Å². The summed E-state index contributed by atoms with van der Waals surface area (Å²) in [6.07, 6.45) is 3.51. The molecule has 5 heteroatoms. The van der Waals surface area contributed by atoms with Crippen molar-refractivity contribution in [2.45, 2.75) is 26.3 Å². The number of hydrogen-bond donors (Lipinski definition) is 2. The average molecular weight is 237 g/mol. The molecule has 0 aromatic carbocycles. The quantitative estimate of drug-likeness (QED) is 0.800. The number of rotatable bonds is 5. The van der Waals surface area contributed by atoms with Crippen LogP contribution in [0.3, 0.4) is 0 Å². The molecule has 1 aromatic heterocycles. The van der Waals surface area contributed by atoms with Crippen molar-refractivity contribution >= 4 is 5.91 Å². The fourth-order valence-corrected chi connectivity index (χ4v) is 1.58. The summed E-state index contributed by atoms with van der Waals surface area (Å²) in [7, 11) is 0. The monoisotopic (exact) mass is 237 g/mol. The van der Waals surface area contributed by atoms with Crippen LogP contribution in [0, 0.1) is 0 Å². The average Bonchev–Trinajstić information content (AvgIpc) is 2.29. The van der Waals surface area contributed by atoms with Gasteiger partial charge in [-0.15, -0.1) is 0 Å². The molecule has 0 aliphatic rings. The predicted molar refractivity (Wildman–Crippen MR) is 65.7 cm³/mol. The number of carbonyl (C=O) groups excluding carboxylic acids is 1. The lowest BCUT2D eigenvalue weighted by molar-refractivity contribution is 0.0701. The standard InChI is InChI=1S/C12H19N3O2/c1-9(2)15(7-3-5-13)12(17)10-4-6-14-8-11(10)16/h4,6,8-9,16H,3,5,7,13H2,1-2H3. The molecule has 0 atom stereocenters. The molecular formula is C12H19N3O2. The van der Waals surface area contributed by atoms with Gasteiger partial charge in [0.1, 0.15) is 5.75 Å². The molecule has 0 bridgehead atoms. The number of carbonyl (C=O) groups is 1. The van der Waals surface area contributed by atoms with Gasteiger partial charge in [0.2, 0.25) is 0 Å². The minimum Gasteiger partial charge on any atom is -0.505 e. The first kappa shape index (κ1) is 13.4. The molecule has 0 radical (unpaired) electrons. The molecule has 0 saturated carbocycles. The molecule has 0 aliphatic carbocycles. The Kier molecular flexibility index (Phi) is 4.90. The summed E-state index contributed by atoms with van der Waals surface area (Å²) in [5, 5.41) is 9.60. The van der Waals surface area contributed by atoms with Crippen LogP contribution < -0.4 is 5.73 Å². The van der Waals surface area contributed by atoms with E-state index in [0.29, 0.717) is 13.1 Å². The molecule has 1 heterocycles. The molecule has 0 unspecified atom stereocenters. The molecule has 5 nitrogen and oxygen atoms in total. The van der Waals surface area contributed by atoms with Crippen LogP contribution in [-0.4, -0.2) is 40.0 Å². The van der Waals surface area contributed by atoms with Gasteiger partial charge in [-0.1, -0.05) is 0 Å². The SMILES string of the molecule is CC(C)N(CCCN)C(=O)c1ccncc1O. The summed E-state index contributed by atoms with van der Waals surface area (Å²) in [6.45, 7) is 5.01. The van der Waals surface area contributed by atoms with E-state index in [2.05, 4.69) is 4.98 Å². The van der Waals surface area contributed by atoms with Crippen molar-refractivity contribution in [1.82, 2.24) is 9.88 Å². The van der Waals surface area contributed by atoms with Crippen LogP contribution in [0.25, 0.3) is 0 Å². The first-order chi connectivity index (χ1) is 8.07. The number of amides is 1. The van der Waals surface area contributed by atoms with Crippen LogP contribution >= 0.6 is 0 Å². The molecule has 1 amide bonds. The van der Waals surface area contributed by atoms with Crippen molar-refractivity contribution in [1.29, 1.82) is 0 Å². The number of nitrogens with two attached hydrogens (primary N) is 1. The molecule has 1 rings (SSSR count). The summed E-state index contributed by atoms with van der Waals surface area (Å²) in [5.41, 5.74) is 5.73. The van der Waals surface area contributed by atoms with E-state index < -0.39 is 0 Å². The maximum Gasteiger partial charge on any atom is 0.257 e. The van der Waals surface area contributed by atoms with E-state index in [1.807, 2.05) is 13.8 Å². The van der Waals surface area contributed by atoms with Gasteiger partial charge in [0, 0.05) is 18.8 Å². The lowest BCUT2D eigenvalue weighted by atomic mass is 10.2. The fraction of sp³-hybridized carbons (Fsp3) is 0.500. The van der Waals surface area contributed by atoms with Crippen LogP contribution in [0.5, 0.6) is 5.75 Å². The molecule has 0 saturated heterocycles. The molecule has 0 aliphatic heterocycles. The summed E-state index contributed by atoms with van der Waals surface area (Å²) in [5.74, 6) is -0.274. The Bertz CT molecular complexity index is 380. The minimum absolute atomic E-state index is 0.0709. The Morgan fingerprint density at radius 1 is 1.59 bits per heavy atom. The van der Waals surface area contributed by atoms with Gasteiger partial charge in [-0.3, -0.25) is 9.78 Å². The predicted octanol–water partition coefficient (Wildman–Crippen LogP) is 0.987. The van der Waals surface area contributed by atoms with E-state index in [1.54, 1.807) is 4.90 Å². The first-order valence-corrected chi connectivity index (χ1v) is 5.72. The van der Waals surface area contributed by atoms with Crippen LogP contribution in [0.15, 0.2) is 18.5 Å².